The molecule has 0 bridgehead atoms. The molecule has 1 aromatic carbocycles. The van der Waals surface area contributed by atoms with Crippen LogP contribution in [0.3, 0.4) is 0 Å². The van der Waals surface area contributed by atoms with Gasteiger partial charge < -0.3 is 10.1 Å². The van der Waals surface area contributed by atoms with E-state index in [9.17, 15) is 13.2 Å². The van der Waals surface area contributed by atoms with Gasteiger partial charge in [0.25, 0.3) is 0 Å². The molecule has 0 saturated carbocycles. The van der Waals surface area contributed by atoms with Gasteiger partial charge in [-0.25, -0.2) is 9.52 Å². The summed E-state index contributed by atoms with van der Waals surface area (Å²) in [6.45, 7) is 2.29. The molecule has 7 nitrogen and oxygen atoms in total. The number of amides is 1. The van der Waals surface area contributed by atoms with Crippen LogP contribution in [0.5, 0.6) is 0 Å². The molecule has 19 heavy (non-hydrogen) atoms. The van der Waals surface area contributed by atoms with Crippen LogP contribution in [0.25, 0.3) is 0 Å². The summed E-state index contributed by atoms with van der Waals surface area (Å²) in [6, 6.07) is 6.83. The molecule has 0 heterocycles. The zero-order valence-electron chi connectivity index (χ0n) is 10.8. The molecule has 1 amide bonds. The first-order valence-corrected chi connectivity index (χ1v) is 7.16. The Labute approximate surface area is 112 Å². The fraction of sp³-hybridized carbons (Fsp3) is 0.364. The monoisotopic (exact) mass is 287 g/mol. The SMILES string of the molecule is CCOC(=O)NS(=O)(=O)Nc1cccc(CNC)c1. The average Bonchev–Trinajstić information content (AvgIpc) is 2.28. The second-order valence-electron chi connectivity index (χ2n) is 3.66. The first kappa shape index (κ1) is 15.3. The van der Waals surface area contributed by atoms with Gasteiger partial charge in [-0.05, 0) is 31.7 Å². The molecule has 8 heteroatoms. The highest BCUT2D eigenvalue weighted by molar-refractivity contribution is 7.91. The Balaban J connectivity index is 2.72. The Morgan fingerprint density at radius 3 is 2.74 bits per heavy atom. The van der Waals surface area contributed by atoms with Crippen LogP contribution in [0.4, 0.5) is 10.5 Å². The minimum atomic E-state index is -3.98. The minimum Gasteiger partial charge on any atom is -0.449 e. The Morgan fingerprint density at radius 2 is 2.11 bits per heavy atom. The third kappa shape index (κ3) is 5.58. The van der Waals surface area contributed by atoms with Crippen molar-refractivity contribution in [3.8, 4) is 0 Å². The minimum absolute atomic E-state index is 0.0962. The molecule has 1 rings (SSSR count). The first-order valence-electron chi connectivity index (χ1n) is 5.67. The predicted molar refractivity (Wildman–Crippen MR) is 71.9 cm³/mol. The number of hydrogen-bond acceptors (Lipinski definition) is 5. The van der Waals surface area contributed by atoms with E-state index in [0.29, 0.717) is 12.2 Å². The maximum Gasteiger partial charge on any atom is 0.422 e. The average molecular weight is 287 g/mol. The molecule has 0 aliphatic carbocycles. The Kier molecular flexibility index (Phi) is 5.58. The van der Waals surface area contributed by atoms with Crippen molar-refractivity contribution in [3.05, 3.63) is 29.8 Å². The fourth-order valence-electron chi connectivity index (χ4n) is 1.40. The van der Waals surface area contributed by atoms with Gasteiger partial charge in [-0.3, -0.25) is 4.72 Å². The number of benzene rings is 1. The van der Waals surface area contributed by atoms with Crippen LogP contribution >= 0.6 is 0 Å². The summed E-state index contributed by atoms with van der Waals surface area (Å²) < 4.78 is 31.7. The van der Waals surface area contributed by atoms with Crippen molar-refractivity contribution in [1.82, 2.24) is 10.0 Å². The van der Waals surface area contributed by atoms with Gasteiger partial charge in [-0.1, -0.05) is 12.1 Å². The second kappa shape index (κ2) is 6.95. The highest BCUT2D eigenvalue weighted by Gasteiger charge is 2.14. The molecular weight excluding hydrogens is 270 g/mol. The first-order chi connectivity index (χ1) is 8.96. The summed E-state index contributed by atoms with van der Waals surface area (Å²) in [5, 5.41) is 2.96. The summed E-state index contributed by atoms with van der Waals surface area (Å²) >= 11 is 0. The lowest BCUT2D eigenvalue weighted by molar-refractivity contribution is 0.159. The molecule has 0 spiro atoms. The van der Waals surface area contributed by atoms with Crippen molar-refractivity contribution < 1.29 is 17.9 Å². The molecular formula is C11H17N3O4S. The van der Waals surface area contributed by atoms with Gasteiger partial charge in [0.1, 0.15) is 0 Å². The Hall–Kier alpha value is -1.80. The van der Waals surface area contributed by atoms with Crippen LogP contribution < -0.4 is 14.8 Å². The highest BCUT2D eigenvalue weighted by Crippen LogP contribution is 2.11. The zero-order valence-corrected chi connectivity index (χ0v) is 11.6. The van der Waals surface area contributed by atoms with Crippen molar-refractivity contribution in [2.24, 2.45) is 0 Å². The van der Waals surface area contributed by atoms with Gasteiger partial charge in [-0.2, -0.15) is 8.42 Å². The summed E-state index contributed by atoms with van der Waals surface area (Å²) in [5.74, 6) is 0. The van der Waals surface area contributed by atoms with Gasteiger partial charge in [0.2, 0.25) is 0 Å². The zero-order chi connectivity index (χ0) is 14.3. The standard InChI is InChI=1S/C11H17N3O4S/c1-3-18-11(15)14-19(16,17)13-10-6-4-5-9(7-10)8-12-2/h4-7,12-13H,3,8H2,1-2H3,(H,14,15). The summed E-state index contributed by atoms with van der Waals surface area (Å²) in [6.07, 6.45) is -1.01. The molecule has 3 N–H and O–H groups in total. The van der Waals surface area contributed by atoms with Crippen molar-refractivity contribution in [1.29, 1.82) is 0 Å². The van der Waals surface area contributed by atoms with Gasteiger partial charge in [0.15, 0.2) is 0 Å². The Bertz CT molecular complexity index is 530. The molecule has 0 atom stereocenters. The number of carbonyl (C=O) groups is 1. The summed E-state index contributed by atoms with van der Waals surface area (Å²) in [5.41, 5.74) is 1.28. The van der Waals surface area contributed by atoms with Crippen LogP contribution in [-0.2, 0) is 21.5 Å². The van der Waals surface area contributed by atoms with E-state index in [-0.39, 0.29) is 6.61 Å². The van der Waals surface area contributed by atoms with Crippen molar-refractivity contribution >= 4 is 22.0 Å². The summed E-state index contributed by atoms with van der Waals surface area (Å²) in [4.78, 5) is 11.1. The molecule has 1 aromatic rings. The molecule has 0 aliphatic rings. The van der Waals surface area contributed by atoms with E-state index in [1.807, 2.05) is 6.07 Å². The van der Waals surface area contributed by atoms with Crippen LogP contribution in [0.15, 0.2) is 24.3 Å². The number of anilines is 1. The highest BCUT2D eigenvalue weighted by atomic mass is 32.2. The molecule has 0 fully saturated rings. The lowest BCUT2D eigenvalue weighted by Crippen LogP contribution is -2.35. The number of rotatable bonds is 6. The van der Waals surface area contributed by atoms with Gasteiger partial charge in [0, 0.05) is 6.54 Å². The Morgan fingerprint density at radius 1 is 1.37 bits per heavy atom. The van der Waals surface area contributed by atoms with E-state index in [0.717, 1.165) is 5.56 Å². The van der Waals surface area contributed by atoms with E-state index in [4.69, 9.17) is 0 Å². The van der Waals surface area contributed by atoms with Crippen LogP contribution in [-0.4, -0.2) is 28.2 Å². The quantitative estimate of drug-likeness (QED) is 0.719. The van der Waals surface area contributed by atoms with Crippen LogP contribution in [0, 0.1) is 0 Å². The second-order valence-corrected chi connectivity index (χ2v) is 5.07. The molecule has 0 aliphatic heterocycles. The van der Waals surface area contributed by atoms with E-state index in [1.165, 1.54) is 0 Å². The van der Waals surface area contributed by atoms with Gasteiger partial charge >= 0.3 is 16.3 Å². The number of hydrogen-bond donors (Lipinski definition) is 3. The largest absolute Gasteiger partial charge is 0.449 e. The molecule has 0 saturated heterocycles. The molecule has 106 valence electrons. The maximum atomic E-state index is 11.6. The van der Waals surface area contributed by atoms with Crippen LogP contribution in [0.1, 0.15) is 12.5 Å². The van der Waals surface area contributed by atoms with Gasteiger partial charge in [-0.15, -0.1) is 0 Å². The van der Waals surface area contributed by atoms with Crippen molar-refractivity contribution in [3.63, 3.8) is 0 Å². The lowest BCUT2D eigenvalue weighted by Gasteiger charge is -2.10. The molecule has 0 aromatic heterocycles. The maximum absolute atomic E-state index is 11.6. The summed E-state index contributed by atoms with van der Waals surface area (Å²) in [7, 11) is -2.19. The number of ether oxygens (including phenoxy) is 1. The topological polar surface area (TPSA) is 96.5 Å². The van der Waals surface area contributed by atoms with E-state index in [1.54, 1.807) is 36.9 Å². The lowest BCUT2D eigenvalue weighted by atomic mass is 10.2. The normalized spacial score (nSPS) is 10.8. The van der Waals surface area contributed by atoms with Gasteiger partial charge in [0.05, 0.1) is 12.3 Å². The third-order valence-electron chi connectivity index (χ3n) is 2.05. The molecule has 0 radical (unpaired) electrons. The predicted octanol–water partition coefficient (Wildman–Crippen LogP) is 0.809. The third-order valence-corrected chi connectivity index (χ3v) is 2.99. The fourth-order valence-corrected chi connectivity index (χ4v) is 2.17. The smallest absolute Gasteiger partial charge is 0.422 e. The van der Waals surface area contributed by atoms with Crippen molar-refractivity contribution in [2.45, 2.75) is 13.5 Å². The number of nitrogens with one attached hydrogen (secondary N) is 3. The van der Waals surface area contributed by atoms with E-state index >= 15 is 0 Å². The van der Waals surface area contributed by atoms with E-state index in [2.05, 4.69) is 14.8 Å². The van der Waals surface area contributed by atoms with Crippen LogP contribution in [0.2, 0.25) is 0 Å². The van der Waals surface area contributed by atoms with Crippen molar-refractivity contribution in [2.75, 3.05) is 18.4 Å². The molecule has 0 unspecified atom stereocenters. The number of carbonyl (C=O) groups excluding carboxylic acids is 1. The van der Waals surface area contributed by atoms with E-state index < -0.39 is 16.3 Å².